The molecule has 2 N–H and O–H groups in total. The summed E-state index contributed by atoms with van der Waals surface area (Å²) in [5.74, 6) is 0. The van der Waals surface area contributed by atoms with Gasteiger partial charge in [-0.15, -0.1) is 0 Å². The number of rotatable bonds is 5. The molecular formula is C14H22O2. The van der Waals surface area contributed by atoms with Crippen LogP contribution in [-0.2, 0) is 11.8 Å². The maximum Gasteiger partial charge on any atom is 0.0522 e. The zero-order valence-electron chi connectivity index (χ0n) is 10.4. The van der Waals surface area contributed by atoms with E-state index in [1.54, 1.807) is 0 Å². The van der Waals surface area contributed by atoms with E-state index in [2.05, 4.69) is 24.3 Å². The lowest BCUT2D eigenvalue weighted by molar-refractivity contribution is 0.185. The topological polar surface area (TPSA) is 40.5 Å². The fraction of sp³-hybridized carbons (Fsp3) is 0.571. The second-order valence-corrected chi connectivity index (χ2v) is 5.13. The molecule has 1 aromatic carbocycles. The Morgan fingerprint density at radius 2 is 1.75 bits per heavy atom. The van der Waals surface area contributed by atoms with Gasteiger partial charge in [0.05, 0.1) is 12.7 Å². The monoisotopic (exact) mass is 222 g/mol. The molecule has 0 aliphatic carbocycles. The molecule has 0 amide bonds. The molecule has 0 heterocycles. The van der Waals surface area contributed by atoms with Crippen LogP contribution >= 0.6 is 0 Å². The van der Waals surface area contributed by atoms with Gasteiger partial charge in [-0.3, -0.25) is 0 Å². The second-order valence-electron chi connectivity index (χ2n) is 5.13. The maximum atomic E-state index is 9.26. The number of benzene rings is 1. The molecule has 2 heteroatoms. The molecule has 0 bridgehead atoms. The Morgan fingerprint density at radius 1 is 1.19 bits per heavy atom. The van der Waals surface area contributed by atoms with Crippen LogP contribution in [0.5, 0.6) is 0 Å². The summed E-state index contributed by atoms with van der Waals surface area (Å²) in [4.78, 5) is 0. The first-order valence-corrected chi connectivity index (χ1v) is 5.84. The summed E-state index contributed by atoms with van der Waals surface area (Å²) in [7, 11) is 0. The van der Waals surface area contributed by atoms with Gasteiger partial charge in [0.25, 0.3) is 0 Å². The Hall–Kier alpha value is -0.860. The minimum absolute atomic E-state index is 0.153. The van der Waals surface area contributed by atoms with Crippen molar-refractivity contribution in [2.75, 3.05) is 6.61 Å². The predicted molar refractivity (Wildman–Crippen MR) is 66.6 cm³/mol. The minimum atomic E-state index is -0.242. The molecule has 16 heavy (non-hydrogen) atoms. The molecule has 2 nitrogen and oxygen atoms in total. The summed E-state index contributed by atoms with van der Waals surface area (Å²) in [5.41, 5.74) is 2.21. The summed E-state index contributed by atoms with van der Waals surface area (Å²) in [6.45, 7) is 6.01. The highest BCUT2D eigenvalue weighted by atomic mass is 16.3. The molecule has 0 spiro atoms. The molecule has 0 saturated heterocycles. The standard InChI is InChI=1S/C14H22O2/c1-11(16)4-5-12-6-8-13(9-7-12)14(2,3)10-15/h6-9,11,15-16H,4-5,10H2,1-3H3. The number of aryl methyl sites for hydroxylation is 1. The first kappa shape index (κ1) is 13.2. The molecule has 1 rings (SSSR count). The van der Waals surface area contributed by atoms with Crippen LogP contribution in [0.4, 0.5) is 0 Å². The van der Waals surface area contributed by atoms with Crippen molar-refractivity contribution in [3.05, 3.63) is 35.4 Å². The van der Waals surface area contributed by atoms with Gasteiger partial charge >= 0.3 is 0 Å². The molecule has 1 atom stereocenters. The third kappa shape index (κ3) is 3.62. The fourth-order valence-corrected chi connectivity index (χ4v) is 1.59. The van der Waals surface area contributed by atoms with Crippen LogP contribution in [0.25, 0.3) is 0 Å². The molecule has 0 aromatic heterocycles. The number of hydrogen-bond donors (Lipinski definition) is 2. The molecule has 0 aliphatic heterocycles. The highest BCUT2D eigenvalue weighted by molar-refractivity contribution is 5.28. The van der Waals surface area contributed by atoms with Gasteiger partial charge in [0.1, 0.15) is 0 Å². The largest absolute Gasteiger partial charge is 0.395 e. The first-order valence-electron chi connectivity index (χ1n) is 5.84. The van der Waals surface area contributed by atoms with E-state index in [1.165, 1.54) is 5.56 Å². The SMILES string of the molecule is CC(O)CCc1ccc(C(C)(C)CO)cc1. The maximum absolute atomic E-state index is 9.26. The van der Waals surface area contributed by atoms with Gasteiger partial charge in [0, 0.05) is 5.41 Å². The quantitative estimate of drug-likeness (QED) is 0.802. The van der Waals surface area contributed by atoms with Gasteiger partial charge in [0.2, 0.25) is 0 Å². The predicted octanol–water partition coefficient (Wildman–Crippen LogP) is 2.27. The van der Waals surface area contributed by atoms with Gasteiger partial charge in [-0.1, -0.05) is 38.1 Å². The zero-order chi connectivity index (χ0) is 12.2. The van der Waals surface area contributed by atoms with Crippen molar-refractivity contribution in [1.29, 1.82) is 0 Å². The molecule has 90 valence electrons. The van der Waals surface area contributed by atoms with E-state index < -0.39 is 0 Å². The third-order valence-electron chi connectivity index (χ3n) is 2.98. The summed E-state index contributed by atoms with van der Waals surface area (Å²) in [6, 6.07) is 8.28. The van der Waals surface area contributed by atoms with Crippen molar-refractivity contribution < 1.29 is 10.2 Å². The Labute approximate surface area is 97.9 Å². The van der Waals surface area contributed by atoms with Gasteiger partial charge in [-0.2, -0.15) is 0 Å². The number of aliphatic hydroxyl groups is 2. The van der Waals surface area contributed by atoms with E-state index in [0.29, 0.717) is 0 Å². The van der Waals surface area contributed by atoms with Gasteiger partial charge in [0.15, 0.2) is 0 Å². The van der Waals surface area contributed by atoms with Crippen molar-refractivity contribution in [3.8, 4) is 0 Å². The van der Waals surface area contributed by atoms with Crippen molar-refractivity contribution in [1.82, 2.24) is 0 Å². The molecular weight excluding hydrogens is 200 g/mol. The number of aliphatic hydroxyl groups excluding tert-OH is 2. The van der Waals surface area contributed by atoms with Crippen LogP contribution in [-0.4, -0.2) is 22.9 Å². The Bertz CT molecular complexity index is 312. The lowest BCUT2D eigenvalue weighted by Gasteiger charge is -2.22. The van der Waals surface area contributed by atoms with Crippen molar-refractivity contribution >= 4 is 0 Å². The van der Waals surface area contributed by atoms with E-state index in [1.807, 2.05) is 20.8 Å². The molecule has 0 radical (unpaired) electrons. The second kappa shape index (κ2) is 5.46. The van der Waals surface area contributed by atoms with Crippen LogP contribution in [0.2, 0.25) is 0 Å². The molecule has 0 aliphatic rings. The van der Waals surface area contributed by atoms with Gasteiger partial charge in [-0.25, -0.2) is 0 Å². The normalized spacial score (nSPS) is 13.8. The highest BCUT2D eigenvalue weighted by Crippen LogP contribution is 2.22. The highest BCUT2D eigenvalue weighted by Gasteiger charge is 2.18. The molecule has 1 unspecified atom stereocenters. The van der Waals surface area contributed by atoms with Crippen LogP contribution in [0.3, 0.4) is 0 Å². The van der Waals surface area contributed by atoms with Gasteiger partial charge in [-0.05, 0) is 30.9 Å². The van der Waals surface area contributed by atoms with Crippen molar-refractivity contribution in [2.24, 2.45) is 0 Å². The van der Waals surface area contributed by atoms with Crippen molar-refractivity contribution in [2.45, 2.75) is 45.1 Å². The minimum Gasteiger partial charge on any atom is -0.395 e. The lowest BCUT2D eigenvalue weighted by Crippen LogP contribution is -2.21. The molecule has 1 aromatic rings. The summed E-state index contributed by atoms with van der Waals surface area (Å²) < 4.78 is 0. The Morgan fingerprint density at radius 3 is 2.19 bits per heavy atom. The fourth-order valence-electron chi connectivity index (χ4n) is 1.59. The van der Waals surface area contributed by atoms with E-state index in [9.17, 15) is 10.2 Å². The van der Waals surface area contributed by atoms with E-state index >= 15 is 0 Å². The van der Waals surface area contributed by atoms with E-state index in [4.69, 9.17) is 0 Å². The Balaban J connectivity index is 2.68. The molecule has 0 fully saturated rings. The van der Waals surface area contributed by atoms with Gasteiger partial charge < -0.3 is 10.2 Å². The van der Waals surface area contributed by atoms with E-state index in [-0.39, 0.29) is 18.1 Å². The molecule has 0 saturated carbocycles. The zero-order valence-corrected chi connectivity index (χ0v) is 10.4. The lowest BCUT2D eigenvalue weighted by atomic mass is 9.85. The van der Waals surface area contributed by atoms with Crippen LogP contribution in [0.1, 0.15) is 38.3 Å². The number of hydrogen-bond acceptors (Lipinski definition) is 2. The average Bonchev–Trinajstić information content (AvgIpc) is 2.27. The average molecular weight is 222 g/mol. The Kier molecular flexibility index (Phi) is 4.51. The smallest absolute Gasteiger partial charge is 0.0522 e. The summed E-state index contributed by atoms with van der Waals surface area (Å²) >= 11 is 0. The third-order valence-corrected chi connectivity index (χ3v) is 2.98. The summed E-state index contributed by atoms with van der Waals surface area (Å²) in [6.07, 6.45) is 1.45. The van der Waals surface area contributed by atoms with Crippen LogP contribution < -0.4 is 0 Å². The van der Waals surface area contributed by atoms with E-state index in [0.717, 1.165) is 18.4 Å². The van der Waals surface area contributed by atoms with Crippen LogP contribution in [0.15, 0.2) is 24.3 Å². The summed E-state index contributed by atoms with van der Waals surface area (Å²) in [5, 5.41) is 18.5. The van der Waals surface area contributed by atoms with Crippen molar-refractivity contribution in [3.63, 3.8) is 0 Å². The van der Waals surface area contributed by atoms with Crippen LogP contribution in [0, 0.1) is 0 Å². The first-order chi connectivity index (χ1) is 7.45.